The van der Waals surface area contributed by atoms with Crippen LogP contribution in [-0.4, -0.2) is 0 Å². The number of hydrogen-bond donors (Lipinski definition) is 0. The highest BCUT2D eigenvalue weighted by molar-refractivity contribution is 5.55. The van der Waals surface area contributed by atoms with Crippen LogP contribution in [0.5, 0.6) is 0 Å². The lowest BCUT2D eigenvalue weighted by molar-refractivity contribution is 0.996. The standard InChI is InChI=1S/C20H20N2/c1-4-9-17-13-18(10-5-2)20(15-22)16(3)11-7-6-8-12-19(17)14-21/h4-13,17H,1-3H3/b8-6-,9-4+,10-5-,11-7-,18-13?,19-12+,20-16+. The third kappa shape index (κ3) is 4.62. The largest absolute Gasteiger partial charge is 0.193 e. The van der Waals surface area contributed by atoms with E-state index in [2.05, 4.69) is 12.1 Å². The first kappa shape index (κ1) is 17.2. The van der Waals surface area contributed by atoms with Gasteiger partial charge in [-0.25, -0.2) is 0 Å². The van der Waals surface area contributed by atoms with Gasteiger partial charge in [0.1, 0.15) is 6.07 Å². The summed E-state index contributed by atoms with van der Waals surface area (Å²) in [5.74, 6) is -0.153. The molecule has 0 saturated carbocycles. The fourth-order valence-electron chi connectivity index (χ4n) is 2.16. The van der Waals surface area contributed by atoms with E-state index in [0.717, 1.165) is 11.1 Å². The van der Waals surface area contributed by atoms with Crippen molar-refractivity contribution < 1.29 is 0 Å². The molecule has 1 aliphatic carbocycles. The van der Waals surface area contributed by atoms with Gasteiger partial charge in [0.15, 0.2) is 0 Å². The molecule has 1 atom stereocenters. The van der Waals surface area contributed by atoms with Gasteiger partial charge in [-0.3, -0.25) is 0 Å². The van der Waals surface area contributed by atoms with Crippen molar-refractivity contribution in [1.29, 1.82) is 10.5 Å². The van der Waals surface area contributed by atoms with Crippen molar-refractivity contribution in [3.05, 3.63) is 83.1 Å². The summed E-state index contributed by atoms with van der Waals surface area (Å²) < 4.78 is 0. The summed E-state index contributed by atoms with van der Waals surface area (Å²) in [4.78, 5) is 0. The van der Waals surface area contributed by atoms with E-state index in [1.807, 2.05) is 81.5 Å². The summed E-state index contributed by atoms with van der Waals surface area (Å²) >= 11 is 0. The number of hydrogen-bond acceptors (Lipinski definition) is 2. The Morgan fingerprint density at radius 2 is 1.82 bits per heavy atom. The maximum absolute atomic E-state index is 9.51. The molecular formula is C20H20N2. The first-order chi connectivity index (χ1) is 10.7. The van der Waals surface area contributed by atoms with Crippen molar-refractivity contribution in [1.82, 2.24) is 0 Å². The molecule has 0 N–H and O–H groups in total. The molecule has 0 saturated heterocycles. The zero-order valence-corrected chi connectivity index (χ0v) is 13.2. The van der Waals surface area contributed by atoms with Gasteiger partial charge in [0.05, 0.1) is 11.6 Å². The Labute approximate surface area is 133 Å². The van der Waals surface area contributed by atoms with Crippen LogP contribution in [0.15, 0.2) is 83.1 Å². The maximum atomic E-state index is 9.51. The molecule has 1 aliphatic rings. The topological polar surface area (TPSA) is 47.6 Å². The molecule has 1 rings (SSSR count). The molecule has 0 aromatic carbocycles. The number of rotatable bonds is 2. The molecule has 0 fully saturated rings. The van der Waals surface area contributed by atoms with E-state index in [1.54, 1.807) is 0 Å². The van der Waals surface area contributed by atoms with Gasteiger partial charge in [-0.1, -0.05) is 54.7 Å². The highest BCUT2D eigenvalue weighted by atomic mass is 14.3. The summed E-state index contributed by atoms with van der Waals surface area (Å²) in [7, 11) is 0. The molecule has 0 aromatic rings. The summed E-state index contributed by atoms with van der Waals surface area (Å²) in [6.45, 7) is 5.76. The maximum Gasteiger partial charge on any atom is 0.100 e. The molecule has 1 unspecified atom stereocenters. The molecule has 0 aromatic heterocycles. The molecule has 0 spiro atoms. The van der Waals surface area contributed by atoms with Crippen LogP contribution in [0.4, 0.5) is 0 Å². The predicted molar refractivity (Wildman–Crippen MR) is 91.5 cm³/mol. The van der Waals surface area contributed by atoms with Gasteiger partial charge in [-0.2, -0.15) is 10.5 Å². The average molecular weight is 288 g/mol. The van der Waals surface area contributed by atoms with Gasteiger partial charge >= 0.3 is 0 Å². The Bertz CT molecular complexity index is 693. The number of nitrogens with zero attached hydrogens (tertiary/aromatic N) is 2. The quantitative estimate of drug-likeness (QED) is 0.664. The van der Waals surface area contributed by atoms with Crippen molar-refractivity contribution in [3.63, 3.8) is 0 Å². The summed E-state index contributed by atoms with van der Waals surface area (Å²) in [5, 5.41) is 18.9. The van der Waals surface area contributed by atoms with E-state index in [9.17, 15) is 10.5 Å². The highest BCUT2D eigenvalue weighted by Gasteiger charge is 2.12. The van der Waals surface area contributed by atoms with Crippen LogP contribution in [0.2, 0.25) is 0 Å². The van der Waals surface area contributed by atoms with Gasteiger partial charge in [0.25, 0.3) is 0 Å². The monoisotopic (exact) mass is 288 g/mol. The molecule has 0 heterocycles. The van der Waals surface area contributed by atoms with Crippen molar-refractivity contribution in [2.45, 2.75) is 20.8 Å². The second kappa shape index (κ2) is 9.16. The van der Waals surface area contributed by atoms with E-state index in [0.29, 0.717) is 11.1 Å². The number of nitriles is 2. The zero-order valence-electron chi connectivity index (χ0n) is 13.2. The molecule has 0 aliphatic heterocycles. The highest BCUT2D eigenvalue weighted by Crippen LogP contribution is 2.24. The summed E-state index contributed by atoms with van der Waals surface area (Å²) in [5.41, 5.74) is 2.99. The molecule has 2 heteroatoms. The molecule has 0 bridgehead atoms. The summed E-state index contributed by atoms with van der Waals surface area (Å²) in [6.07, 6.45) is 19.0. The van der Waals surface area contributed by atoms with Gasteiger partial charge in [-0.15, -0.1) is 0 Å². The Hall–Kier alpha value is -2.84. The second-order valence-electron chi connectivity index (χ2n) is 4.82. The van der Waals surface area contributed by atoms with Crippen LogP contribution in [-0.2, 0) is 0 Å². The lowest BCUT2D eigenvalue weighted by atomic mass is 9.92. The lowest BCUT2D eigenvalue weighted by Crippen LogP contribution is -1.99. The molecule has 110 valence electrons. The van der Waals surface area contributed by atoms with Crippen molar-refractivity contribution in [2.24, 2.45) is 5.92 Å². The van der Waals surface area contributed by atoms with Gasteiger partial charge < -0.3 is 0 Å². The normalized spacial score (nSPS) is 28.1. The first-order valence-electron chi connectivity index (χ1n) is 7.21. The molecule has 22 heavy (non-hydrogen) atoms. The Morgan fingerprint density at radius 3 is 2.41 bits per heavy atom. The van der Waals surface area contributed by atoms with Crippen LogP contribution in [0, 0.1) is 28.6 Å². The SMILES string of the molecule is C/C=C\C1=CC(/C=C/C)/C(C#N)=C/C=C\C=C/C(C)=C/1C#N. The third-order valence-electron chi connectivity index (χ3n) is 3.23. The molecule has 0 amide bonds. The van der Waals surface area contributed by atoms with E-state index >= 15 is 0 Å². The van der Waals surface area contributed by atoms with Gasteiger partial charge in [0.2, 0.25) is 0 Å². The Balaban J connectivity index is 3.64. The zero-order chi connectivity index (χ0) is 16.4. The van der Waals surface area contributed by atoms with E-state index < -0.39 is 0 Å². The van der Waals surface area contributed by atoms with Crippen LogP contribution >= 0.6 is 0 Å². The van der Waals surface area contributed by atoms with Gasteiger partial charge in [0, 0.05) is 11.5 Å². The van der Waals surface area contributed by atoms with Crippen LogP contribution < -0.4 is 0 Å². The van der Waals surface area contributed by atoms with E-state index in [1.165, 1.54) is 0 Å². The minimum Gasteiger partial charge on any atom is -0.193 e. The first-order valence-corrected chi connectivity index (χ1v) is 7.21. The fourth-order valence-corrected chi connectivity index (χ4v) is 2.16. The van der Waals surface area contributed by atoms with Crippen LogP contribution in [0.1, 0.15) is 20.8 Å². The molecule has 2 nitrogen and oxygen atoms in total. The molecular weight excluding hydrogens is 268 g/mol. The Morgan fingerprint density at radius 1 is 1.05 bits per heavy atom. The van der Waals surface area contributed by atoms with Crippen LogP contribution in [0.3, 0.4) is 0 Å². The number of allylic oxidation sites excluding steroid dienone is 14. The minimum absolute atomic E-state index is 0.153. The van der Waals surface area contributed by atoms with E-state index in [4.69, 9.17) is 0 Å². The van der Waals surface area contributed by atoms with E-state index in [-0.39, 0.29) is 5.92 Å². The molecule has 0 radical (unpaired) electrons. The van der Waals surface area contributed by atoms with Crippen molar-refractivity contribution in [2.75, 3.05) is 0 Å². The van der Waals surface area contributed by atoms with Crippen molar-refractivity contribution >= 4 is 0 Å². The smallest absolute Gasteiger partial charge is 0.100 e. The van der Waals surface area contributed by atoms with Gasteiger partial charge in [-0.05, 0) is 38.0 Å². The fraction of sp³-hybridized carbons (Fsp3) is 0.200. The van der Waals surface area contributed by atoms with Crippen LogP contribution in [0.25, 0.3) is 0 Å². The predicted octanol–water partition coefficient (Wildman–Crippen LogP) is 5.10. The lowest BCUT2D eigenvalue weighted by Gasteiger charge is -2.10. The summed E-state index contributed by atoms with van der Waals surface area (Å²) in [6, 6.07) is 4.53. The van der Waals surface area contributed by atoms with Crippen molar-refractivity contribution in [3.8, 4) is 12.1 Å². The second-order valence-corrected chi connectivity index (χ2v) is 4.82. The average Bonchev–Trinajstić information content (AvgIpc) is 2.53. The Kier molecular flexibility index (Phi) is 7.17. The minimum atomic E-state index is -0.153. The third-order valence-corrected chi connectivity index (χ3v) is 3.23.